The molecule has 7 nitrogen and oxygen atoms in total. The Labute approximate surface area is 166 Å². The fraction of sp³-hybridized carbons (Fsp3) is 0.450. The lowest BCUT2D eigenvalue weighted by molar-refractivity contribution is -0.114. The van der Waals surface area contributed by atoms with Crippen LogP contribution >= 0.6 is 0 Å². The number of hydrogen-bond donors (Lipinski definition) is 4. The van der Waals surface area contributed by atoms with Gasteiger partial charge in [0.1, 0.15) is 17.2 Å². The molecular formula is C20H31FN6O. The van der Waals surface area contributed by atoms with Crippen LogP contribution in [0, 0.1) is 5.82 Å². The summed E-state index contributed by atoms with van der Waals surface area (Å²) in [6.07, 6.45) is 0.951. The molecule has 0 aliphatic carbocycles. The highest BCUT2D eigenvalue weighted by atomic mass is 19.1. The van der Waals surface area contributed by atoms with Gasteiger partial charge in [0.25, 0.3) is 5.91 Å². The highest BCUT2D eigenvalue weighted by Crippen LogP contribution is 2.21. The number of nitrogens with zero attached hydrogens (tertiary/aromatic N) is 2. The Hall–Kier alpha value is -2.74. The van der Waals surface area contributed by atoms with E-state index in [-0.39, 0.29) is 11.7 Å². The summed E-state index contributed by atoms with van der Waals surface area (Å²) in [5.41, 5.74) is 10.1. The van der Waals surface area contributed by atoms with E-state index in [1.54, 1.807) is 40.0 Å². The molecule has 0 saturated heterocycles. The van der Waals surface area contributed by atoms with E-state index < -0.39 is 0 Å². The lowest BCUT2D eigenvalue weighted by atomic mass is 10.2. The van der Waals surface area contributed by atoms with Gasteiger partial charge in [0.05, 0.1) is 5.71 Å². The number of halogens is 1. The molecule has 28 heavy (non-hydrogen) atoms. The number of likely N-dealkylation sites (N-methyl/N-ethyl adjacent to an activating group) is 1. The van der Waals surface area contributed by atoms with Gasteiger partial charge in [-0.05, 0) is 58.0 Å². The monoisotopic (exact) mass is 390 g/mol. The van der Waals surface area contributed by atoms with E-state index in [0.717, 1.165) is 24.2 Å². The van der Waals surface area contributed by atoms with Crippen LogP contribution in [0.1, 0.15) is 26.3 Å². The van der Waals surface area contributed by atoms with Crippen LogP contribution in [0.15, 0.2) is 39.6 Å². The summed E-state index contributed by atoms with van der Waals surface area (Å²) in [6, 6.07) is 4.87. The Kier molecular flexibility index (Phi) is 9.87. The molecule has 1 aromatic rings. The minimum Gasteiger partial charge on any atom is -0.400 e. The molecule has 2 rings (SSSR count). The van der Waals surface area contributed by atoms with Crippen molar-refractivity contribution in [3.8, 4) is 0 Å². The van der Waals surface area contributed by atoms with Gasteiger partial charge in [0.2, 0.25) is 0 Å². The maximum absolute atomic E-state index is 12.5. The van der Waals surface area contributed by atoms with E-state index in [2.05, 4.69) is 25.9 Å². The van der Waals surface area contributed by atoms with Gasteiger partial charge in [-0.1, -0.05) is 0 Å². The molecule has 0 spiro atoms. The number of nitrogens with one attached hydrogen (secondary N) is 3. The van der Waals surface area contributed by atoms with E-state index in [9.17, 15) is 9.18 Å². The van der Waals surface area contributed by atoms with E-state index in [1.165, 1.54) is 6.07 Å². The first kappa shape index (κ1) is 23.3. The molecule has 8 heteroatoms. The van der Waals surface area contributed by atoms with Crippen LogP contribution in [0.5, 0.6) is 0 Å². The maximum Gasteiger partial charge on any atom is 0.265 e. The van der Waals surface area contributed by atoms with Crippen LogP contribution in [-0.2, 0) is 11.2 Å². The van der Waals surface area contributed by atoms with Crippen molar-refractivity contribution in [2.75, 3.05) is 39.0 Å². The van der Waals surface area contributed by atoms with Gasteiger partial charge in [-0.3, -0.25) is 9.79 Å². The van der Waals surface area contributed by atoms with Gasteiger partial charge in [0.15, 0.2) is 0 Å². The predicted octanol–water partition coefficient (Wildman–Crippen LogP) is 1.86. The van der Waals surface area contributed by atoms with Crippen molar-refractivity contribution in [3.05, 3.63) is 41.0 Å². The number of amides is 1. The Morgan fingerprint density at radius 2 is 1.96 bits per heavy atom. The number of carbonyl (C=O) groups is 1. The van der Waals surface area contributed by atoms with Crippen molar-refractivity contribution in [2.45, 2.75) is 27.2 Å². The van der Waals surface area contributed by atoms with Crippen molar-refractivity contribution in [1.82, 2.24) is 10.6 Å². The second-order valence-corrected chi connectivity index (χ2v) is 6.38. The lowest BCUT2D eigenvalue weighted by Gasteiger charge is -2.07. The number of anilines is 1. The molecule has 0 atom stereocenters. The quantitative estimate of drug-likeness (QED) is 0.440. The molecule has 0 saturated carbocycles. The zero-order valence-corrected chi connectivity index (χ0v) is 17.3. The van der Waals surface area contributed by atoms with Crippen molar-refractivity contribution in [2.24, 2.45) is 15.7 Å². The zero-order valence-electron chi connectivity index (χ0n) is 17.3. The van der Waals surface area contributed by atoms with Gasteiger partial charge < -0.3 is 21.7 Å². The molecule has 0 fully saturated rings. The minimum atomic E-state index is -0.201. The summed E-state index contributed by atoms with van der Waals surface area (Å²) in [5.74, 6) is -0.338. The van der Waals surface area contributed by atoms with Crippen LogP contribution in [0.2, 0.25) is 0 Å². The van der Waals surface area contributed by atoms with Crippen LogP contribution in [0.3, 0.4) is 0 Å². The zero-order chi connectivity index (χ0) is 21.1. The number of rotatable bonds is 6. The molecule has 1 aliphatic rings. The topological polar surface area (TPSA) is 104 Å². The third kappa shape index (κ3) is 7.48. The molecule has 1 aliphatic heterocycles. The first-order valence-corrected chi connectivity index (χ1v) is 9.20. The first-order chi connectivity index (χ1) is 13.3. The number of aliphatic imine (C=N–C) groups is 2. The third-order valence-corrected chi connectivity index (χ3v) is 4.10. The van der Waals surface area contributed by atoms with E-state index in [4.69, 9.17) is 5.73 Å². The van der Waals surface area contributed by atoms with Crippen LogP contribution in [0.4, 0.5) is 10.1 Å². The van der Waals surface area contributed by atoms with Gasteiger partial charge in [-0.15, -0.1) is 0 Å². The number of carbonyl (C=O) groups excluding carboxylic acids is 1. The van der Waals surface area contributed by atoms with Gasteiger partial charge >= 0.3 is 0 Å². The van der Waals surface area contributed by atoms with E-state index >= 15 is 0 Å². The Morgan fingerprint density at radius 1 is 1.25 bits per heavy atom. The largest absolute Gasteiger partial charge is 0.400 e. The fourth-order valence-electron chi connectivity index (χ4n) is 2.48. The number of allylic oxidation sites excluding steroid dienone is 2. The number of nitrogens with two attached hydrogens (primary N) is 1. The molecule has 1 aromatic carbocycles. The SMILES string of the molecule is CN=C(C)/C(N=C(C)C(=O)NCCNC)=C(/C)N.Fc1ccc2c(c1)CCN2. The Morgan fingerprint density at radius 3 is 2.57 bits per heavy atom. The molecular weight excluding hydrogens is 359 g/mol. The normalized spacial score (nSPS) is 14.4. The standard InChI is InChI=1S/C12H23N5O.C8H8FN/c1-8(13)11(9(2)15-5)17-10(3)12(18)16-7-6-14-4;9-7-1-2-8-6(5-7)3-4-10-8/h14H,6-7,13H2,1-5H3,(H,16,18);1-2,5,10H,3-4H2/b11-8+,15-9?,17-10?;. The molecule has 1 heterocycles. The van der Waals surface area contributed by atoms with Crippen molar-refractivity contribution >= 4 is 23.0 Å². The summed E-state index contributed by atoms with van der Waals surface area (Å²) in [6.45, 7) is 7.41. The summed E-state index contributed by atoms with van der Waals surface area (Å²) in [4.78, 5) is 20.0. The van der Waals surface area contributed by atoms with Crippen molar-refractivity contribution < 1.29 is 9.18 Å². The lowest BCUT2D eigenvalue weighted by Crippen LogP contribution is -2.34. The first-order valence-electron chi connectivity index (χ1n) is 9.20. The van der Waals surface area contributed by atoms with Gasteiger partial charge in [-0.2, -0.15) is 0 Å². The fourth-order valence-corrected chi connectivity index (χ4v) is 2.48. The van der Waals surface area contributed by atoms with E-state index in [1.807, 2.05) is 7.05 Å². The summed E-state index contributed by atoms with van der Waals surface area (Å²) >= 11 is 0. The second kappa shape index (κ2) is 11.9. The minimum absolute atomic E-state index is 0.137. The summed E-state index contributed by atoms with van der Waals surface area (Å²) in [7, 11) is 3.49. The maximum atomic E-state index is 12.5. The van der Waals surface area contributed by atoms with E-state index in [0.29, 0.717) is 35.9 Å². The van der Waals surface area contributed by atoms with Crippen LogP contribution in [0.25, 0.3) is 0 Å². The Balaban J connectivity index is 0.000000324. The predicted molar refractivity (Wildman–Crippen MR) is 115 cm³/mol. The van der Waals surface area contributed by atoms with Crippen LogP contribution in [-0.4, -0.2) is 51.1 Å². The van der Waals surface area contributed by atoms with Gasteiger partial charge in [-0.25, -0.2) is 9.38 Å². The Bertz CT molecular complexity index is 766. The van der Waals surface area contributed by atoms with Crippen LogP contribution < -0.4 is 21.7 Å². The van der Waals surface area contributed by atoms with Crippen molar-refractivity contribution in [1.29, 1.82) is 0 Å². The average molecular weight is 391 g/mol. The molecule has 154 valence electrons. The van der Waals surface area contributed by atoms with Gasteiger partial charge in [0, 0.05) is 38.1 Å². The molecule has 0 aromatic heterocycles. The summed E-state index contributed by atoms with van der Waals surface area (Å²) in [5, 5.41) is 8.86. The molecule has 0 bridgehead atoms. The second-order valence-electron chi connectivity index (χ2n) is 6.38. The average Bonchev–Trinajstić information content (AvgIpc) is 3.13. The molecule has 1 amide bonds. The molecule has 0 radical (unpaired) electrons. The number of benzene rings is 1. The number of fused-ring (bicyclic) bond motifs is 1. The molecule has 0 unspecified atom stereocenters. The number of hydrogen-bond acceptors (Lipinski definition) is 6. The third-order valence-electron chi connectivity index (χ3n) is 4.10. The molecule has 5 N–H and O–H groups in total. The highest BCUT2D eigenvalue weighted by molar-refractivity contribution is 6.38. The summed E-state index contributed by atoms with van der Waals surface area (Å²) < 4.78 is 12.5. The highest BCUT2D eigenvalue weighted by Gasteiger charge is 2.09. The smallest absolute Gasteiger partial charge is 0.265 e. The van der Waals surface area contributed by atoms with Crippen molar-refractivity contribution in [3.63, 3.8) is 0 Å².